The summed E-state index contributed by atoms with van der Waals surface area (Å²) in [5.74, 6) is -0.552. The Morgan fingerprint density at radius 2 is 2.06 bits per heavy atom. The number of hydrogen-bond donors (Lipinski definition) is 3. The molecule has 0 aromatic heterocycles. The zero-order chi connectivity index (χ0) is 13.7. The Kier molecular flexibility index (Phi) is 5.12. The fraction of sp³-hybridized carbons (Fsp3) is 0.750. The predicted molar refractivity (Wildman–Crippen MR) is 66.3 cm³/mol. The lowest BCUT2D eigenvalue weighted by atomic mass is 10.2. The maximum Gasteiger partial charge on any atom is 0.242 e. The fourth-order valence-electron chi connectivity index (χ4n) is 1.97. The van der Waals surface area contributed by atoms with Gasteiger partial charge >= 0.3 is 0 Å². The molecule has 1 saturated carbocycles. The highest BCUT2D eigenvalue weighted by Gasteiger charge is 2.42. The summed E-state index contributed by atoms with van der Waals surface area (Å²) in [6, 6.07) is -0.639. The summed E-state index contributed by atoms with van der Waals surface area (Å²) in [6.45, 7) is 3.47. The van der Waals surface area contributed by atoms with Gasteiger partial charge in [0.2, 0.25) is 17.7 Å². The van der Waals surface area contributed by atoms with Gasteiger partial charge in [-0.05, 0) is 25.7 Å². The molecule has 6 nitrogen and oxygen atoms in total. The van der Waals surface area contributed by atoms with Crippen molar-refractivity contribution in [1.29, 1.82) is 0 Å². The summed E-state index contributed by atoms with van der Waals surface area (Å²) in [5, 5.41) is 5.01. The molecule has 0 aromatic rings. The van der Waals surface area contributed by atoms with Gasteiger partial charge in [0.1, 0.15) is 6.04 Å². The van der Waals surface area contributed by atoms with Gasteiger partial charge in [0, 0.05) is 5.92 Å². The van der Waals surface area contributed by atoms with E-state index in [9.17, 15) is 14.4 Å². The summed E-state index contributed by atoms with van der Waals surface area (Å²) in [7, 11) is 0. The van der Waals surface area contributed by atoms with E-state index in [4.69, 9.17) is 5.73 Å². The van der Waals surface area contributed by atoms with Gasteiger partial charge in [-0.2, -0.15) is 0 Å². The lowest BCUT2D eigenvalue weighted by Gasteiger charge is -2.13. The van der Waals surface area contributed by atoms with Gasteiger partial charge in [0.05, 0.1) is 6.54 Å². The van der Waals surface area contributed by atoms with Gasteiger partial charge in [-0.15, -0.1) is 0 Å². The summed E-state index contributed by atoms with van der Waals surface area (Å²) in [6.07, 6.45) is 3.04. The van der Waals surface area contributed by atoms with E-state index >= 15 is 0 Å². The molecular formula is C12H21N3O3. The monoisotopic (exact) mass is 255 g/mol. The molecule has 1 aliphatic rings. The van der Waals surface area contributed by atoms with Crippen LogP contribution in [-0.2, 0) is 14.4 Å². The number of rotatable bonds is 7. The fourth-order valence-corrected chi connectivity index (χ4v) is 1.97. The second-order valence-electron chi connectivity index (χ2n) is 4.81. The lowest BCUT2D eigenvalue weighted by Crippen LogP contribution is -2.47. The van der Waals surface area contributed by atoms with Gasteiger partial charge in [0.15, 0.2) is 0 Å². The Hall–Kier alpha value is -1.59. The number of nitrogens with two attached hydrogens (primary N) is 1. The highest BCUT2D eigenvalue weighted by molar-refractivity contribution is 5.91. The first-order valence-corrected chi connectivity index (χ1v) is 6.32. The second-order valence-corrected chi connectivity index (χ2v) is 4.81. The second kappa shape index (κ2) is 6.37. The summed E-state index contributed by atoms with van der Waals surface area (Å²) >= 11 is 0. The maximum atomic E-state index is 11.8. The molecule has 0 saturated heterocycles. The third kappa shape index (κ3) is 4.35. The van der Waals surface area contributed by atoms with E-state index in [2.05, 4.69) is 17.6 Å². The number of carbonyl (C=O) groups is 3. The minimum absolute atomic E-state index is 0.0522. The molecule has 0 aromatic carbocycles. The first kappa shape index (κ1) is 14.5. The number of hydrogen-bond acceptors (Lipinski definition) is 3. The Morgan fingerprint density at radius 1 is 1.39 bits per heavy atom. The van der Waals surface area contributed by atoms with Crippen molar-refractivity contribution < 1.29 is 14.4 Å². The number of nitrogens with one attached hydrogen (secondary N) is 2. The van der Waals surface area contributed by atoms with Crippen molar-refractivity contribution in [3.63, 3.8) is 0 Å². The van der Waals surface area contributed by atoms with Crippen molar-refractivity contribution in [2.75, 3.05) is 6.54 Å². The molecule has 102 valence electrons. The molecule has 0 spiro atoms. The SMILES string of the molecule is CCCC1C[C@@H]1C(=O)N[C@@H](C)C(=O)NCC(N)=O. The maximum absolute atomic E-state index is 11.8. The summed E-state index contributed by atoms with van der Waals surface area (Å²) < 4.78 is 0. The molecule has 0 heterocycles. The zero-order valence-electron chi connectivity index (χ0n) is 10.9. The van der Waals surface area contributed by atoms with Crippen LogP contribution in [0.1, 0.15) is 33.1 Å². The van der Waals surface area contributed by atoms with Gasteiger partial charge in [-0.3, -0.25) is 14.4 Å². The molecule has 6 heteroatoms. The van der Waals surface area contributed by atoms with E-state index in [1.54, 1.807) is 6.92 Å². The Balaban J connectivity index is 2.27. The Labute approximate surface area is 107 Å². The van der Waals surface area contributed by atoms with E-state index in [-0.39, 0.29) is 18.4 Å². The quantitative estimate of drug-likeness (QED) is 0.573. The molecule has 1 rings (SSSR count). The minimum Gasteiger partial charge on any atom is -0.368 e. The number of carbonyl (C=O) groups excluding carboxylic acids is 3. The largest absolute Gasteiger partial charge is 0.368 e. The van der Waals surface area contributed by atoms with Crippen LogP contribution in [0.3, 0.4) is 0 Å². The molecule has 0 bridgehead atoms. The lowest BCUT2D eigenvalue weighted by molar-refractivity contribution is -0.130. The van der Waals surface area contributed by atoms with Crippen LogP contribution in [0, 0.1) is 11.8 Å². The summed E-state index contributed by atoms with van der Waals surface area (Å²) in [5.41, 5.74) is 4.91. The number of amides is 3. The van der Waals surface area contributed by atoms with Crippen molar-refractivity contribution in [2.24, 2.45) is 17.6 Å². The normalized spacial score (nSPS) is 23.0. The molecule has 18 heavy (non-hydrogen) atoms. The van der Waals surface area contributed by atoms with E-state index in [1.807, 2.05) is 0 Å². The topological polar surface area (TPSA) is 101 Å². The van der Waals surface area contributed by atoms with Crippen molar-refractivity contribution in [3.8, 4) is 0 Å². The molecule has 1 aliphatic carbocycles. The van der Waals surface area contributed by atoms with Gasteiger partial charge in [-0.1, -0.05) is 13.3 Å². The van der Waals surface area contributed by atoms with E-state index in [0.717, 1.165) is 19.3 Å². The van der Waals surface area contributed by atoms with Crippen LogP contribution in [0.25, 0.3) is 0 Å². The third-order valence-electron chi connectivity index (χ3n) is 3.11. The third-order valence-corrected chi connectivity index (χ3v) is 3.11. The first-order chi connectivity index (χ1) is 8.45. The van der Waals surface area contributed by atoms with E-state index in [0.29, 0.717) is 5.92 Å². The molecule has 3 atom stereocenters. The van der Waals surface area contributed by atoms with Crippen LogP contribution < -0.4 is 16.4 Å². The van der Waals surface area contributed by atoms with Crippen LogP contribution in [0.15, 0.2) is 0 Å². The average Bonchev–Trinajstić information content (AvgIpc) is 3.05. The van der Waals surface area contributed by atoms with Crippen molar-refractivity contribution in [1.82, 2.24) is 10.6 Å². The molecular weight excluding hydrogens is 234 g/mol. The highest BCUT2D eigenvalue weighted by Crippen LogP contribution is 2.42. The standard InChI is InChI=1S/C12H21N3O3/c1-3-4-8-5-9(8)12(18)15-7(2)11(17)14-6-10(13)16/h7-9H,3-6H2,1-2H3,(H2,13,16)(H,14,17)(H,15,18)/t7-,8?,9-/m0/s1. The van der Waals surface area contributed by atoms with Crippen LogP contribution >= 0.6 is 0 Å². The van der Waals surface area contributed by atoms with Crippen LogP contribution in [-0.4, -0.2) is 30.3 Å². The number of primary amides is 1. The smallest absolute Gasteiger partial charge is 0.242 e. The summed E-state index contributed by atoms with van der Waals surface area (Å²) in [4.78, 5) is 33.8. The van der Waals surface area contributed by atoms with Crippen molar-refractivity contribution >= 4 is 17.7 Å². The van der Waals surface area contributed by atoms with Gasteiger partial charge in [0.25, 0.3) is 0 Å². The van der Waals surface area contributed by atoms with Gasteiger partial charge in [-0.25, -0.2) is 0 Å². The molecule has 4 N–H and O–H groups in total. The molecule has 1 fully saturated rings. The minimum atomic E-state index is -0.639. The van der Waals surface area contributed by atoms with Crippen molar-refractivity contribution in [3.05, 3.63) is 0 Å². The zero-order valence-corrected chi connectivity index (χ0v) is 10.9. The van der Waals surface area contributed by atoms with Crippen LogP contribution in [0.4, 0.5) is 0 Å². The predicted octanol–water partition coefficient (Wildman–Crippen LogP) is -0.471. The van der Waals surface area contributed by atoms with E-state index < -0.39 is 17.9 Å². The molecule has 0 radical (unpaired) electrons. The van der Waals surface area contributed by atoms with Crippen LogP contribution in [0.5, 0.6) is 0 Å². The van der Waals surface area contributed by atoms with Gasteiger partial charge < -0.3 is 16.4 Å². The molecule has 3 amide bonds. The Morgan fingerprint density at radius 3 is 2.61 bits per heavy atom. The van der Waals surface area contributed by atoms with E-state index in [1.165, 1.54) is 0 Å². The highest BCUT2D eigenvalue weighted by atomic mass is 16.2. The average molecular weight is 255 g/mol. The first-order valence-electron chi connectivity index (χ1n) is 6.32. The molecule has 1 unspecified atom stereocenters. The van der Waals surface area contributed by atoms with Crippen LogP contribution in [0.2, 0.25) is 0 Å². The van der Waals surface area contributed by atoms with Crippen molar-refractivity contribution in [2.45, 2.75) is 39.2 Å². The Bertz CT molecular complexity index is 343. The molecule has 0 aliphatic heterocycles.